The van der Waals surface area contributed by atoms with E-state index in [4.69, 9.17) is 14.6 Å². The zero-order valence-electron chi connectivity index (χ0n) is 27.5. The molecule has 5 aromatic rings. The van der Waals surface area contributed by atoms with Crippen LogP contribution >= 0.6 is 0 Å². The van der Waals surface area contributed by atoms with Crippen LogP contribution < -0.4 is 14.8 Å². The lowest BCUT2D eigenvalue weighted by molar-refractivity contribution is 0.237. The van der Waals surface area contributed by atoms with Gasteiger partial charge in [0.2, 0.25) is 0 Å². The average Bonchev–Trinajstić information content (AvgIpc) is 3.63. The van der Waals surface area contributed by atoms with Gasteiger partial charge in [0.15, 0.2) is 0 Å². The van der Waals surface area contributed by atoms with E-state index >= 15 is 4.39 Å². The van der Waals surface area contributed by atoms with Crippen LogP contribution in [0.2, 0.25) is 0 Å². The van der Waals surface area contributed by atoms with Gasteiger partial charge in [-0.2, -0.15) is 5.10 Å². The minimum absolute atomic E-state index is 0.0855. The molecular weight excluding hydrogens is 617 g/mol. The molecule has 3 saturated heterocycles. The molecule has 2 aromatic carbocycles. The monoisotopic (exact) mass is 657 g/mol. The second-order valence-electron chi connectivity index (χ2n) is 13.5. The van der Waals surface area contributed by atoms with E-state index in [1.54, 1.807) is 12.3 Å². The van der Waals surface area contributed by atoms with E-state index in [2.05, 4.69) is 72.7 Å². The SMILES string of the molecule is Fc1cc(OCCN2CCCC2)cc(C2=CC=C3NC3c3[nH]c(-c4n[nH]c5ccc(-c6cncc(OCCN7CCCC7)c6)cc45)cc32)c1. The highest BCUT2D eigenvalue weighted by atomic mass is 19.1. The summed E-state index contributed by atoms with van der Waals surface area (Å²) < 4.78 is 27.2. The molecule has 3 N–H and O–H groups in total. The number of allylic oxidation sites excluding steroid dienone is 2. The van der Waals surface area contributed by atoms with E-state index in [9.17, 15) is 0 Å². The van der Waals surface area contributed by atoms with E-state index < -0.39 is 0 Å². The maximum absolute atomic E-state index is 15.0. The summed E-state index contributed by atoms with van der Waals surface area (Å²) in [5.41, 5.74) is 9.59. The Morgan fingerprint density at radius 2 is 1.53 bits per heavy atom. The Bertz CT molecular complexity index is 2070. The molecule has 0 bridgehead atoms. The number of likely N-dealkylation sites (tertiary alicyclic amines) is 2. The summed E-state index contributed by atoms with van der Waals surface area (Å²) in [5.74, 6) is 1.01. The predicted molar refractivity (Wildman–Crippen MR) is 189 cm³/mol. The normalized spacial score (nSPS) is 18.8. The van der Waals surface area contributed by atoms with Gasteiger partial charge in [-0.25, -0.2) is 4.39 Å². The quantitative estimate of drug-likeness (QED) is 0.136. The lowest BCUT2D eigenvalue weighted by atomic mass is 9.96. The average molecular weight is 658 g/mol. The number of hydrogen-bond donors (Lipinski definition) is 3. The van der Waals surface area contributed by atoms with Gasteiger partial charge in [0.25, 0.3) is 0 Å². The molecule has 9 rings (SSSR count). The number of pyridine rings is 1. The first kappa shape index (κ1) is 30.2. The van der Waals surface area contributed by atoms with Gasteiger partial charge >= 0.3 is 0 Å². The van der Waals surface area contributed by atoms with Crippen LogP contribution in [0.3, 0.4) is 0 Å². The second kappa shape index (κ2) is 12.8. The van der Waals surface area contributed by atoms with Crippen molar-refractivity contribution in [2.75, 3.05) is 52.5 Å². The standard InChI is InChI=1S/C39H40FN7O2/c40-28-17-26(18-29(21-28)48-15-13-46-9-1-2-10-46)31-6-8-35-39(42-35)38-32(31)22-36(43-38)37-33-20-25(5-7-34(33)44-45-37)27-19-30(24-41-23-27)49-16-14-47-11-3-4-12-47/h5-8,17-24,39,42-43H,1-4,9-16H2,(H,44,45). The van der Waals surface area contributed by atoms with Crippen LogP contribution in [0.1, 0.15) is 48.5 Å². The number of nitrogens with one attached hydrogen (secondary N) is 3. The zero-order chi connectivity index (χ0) is 32.7. The molecule has 250 valence electrons. The fourth-order valence-electron chi connectivity index (χ4n) is 7.51. The second-order valence-corrected chi connectivity index (χ2v) is 13.5. The van der Waals surface area contributed by atoms with E-state index in [0.717, 1.165) is 107 Å². The molecule has 6 heterocycles. The Kier molecular flexibility index (Phi) is 7.90. The van der Waals surface area contributed by atoms with Crippen LogP contribution in [0, 0.1) is 5.82 Å². The van der Waals surface area contributed by atoms with Crippen LogP contribution in [0.4, 0.5) is 4.39 Å². The summed E-state index contributed by atoms with van der Waals surface area (Å²) in [4.78, 5) is 13.0. The number of rotatable bonds is 11. The molecule has 0 spiro atoms. The van der Waals surface area contributed by atoms with Gasteiger partial charge in [0, 0.05) is 47.6 Å². The molecule has 1 unspecified atom stereocenters. The number of aromatic amines is 2. The maximum Gasteiger partial charge on any atom is 0.138 e. The highest BCUT2D eigenvalue weighted by Gasteiger charge is 2.36. The largest absolute Gasteiger partial charge is 0.492 e. The summed E-state index contributed by atoms with van der Waals surface area (Å²) >= 11 is 0. The molecule has 0 saturated carbocycles. The van der Waals surface area contributed by atoms with Gasteiger partial charge < -0.3 is 19.8 Å². The van der Waals surface area contributed by atoms with Crippen molar-refractivity contribution in [3.05, 3.63) is 101 Å². The Balaban J connectivity index is 0.990. The Labute approximate surface area is 284 Å². The van der Waals surface area contributed by atoms with Gasteiger partial charge in [-0.05, 0) is 111 Å². The van der Waals surface area contributed by atoms with Crippen molar-refractivity contribution in [2.24, 2.45) is 0 Å². The summed E-state index contributed by atoms with van der Waals surface area (Å²) in [7, 11) is 0. The van der Waals surface area contributed by atoms with Crippen molar-refractivity contribution < 1.29 is 13.9 Å². The number of benzene rings is 2. The fourth-order valence-corrected chi connectivity index (χ4v) is 7.51. The Morgan fingerprint density at radius 1 is 0.776 bits per heavy atom. The maximum atomic E-state index is 15.0. The van der Waals surface area contributed by atoms with E-state index in [0.29, 0.717) is 19.0 Å². The topological polar surface area (TPSA) is 104 Å². The zero-order valence-corrected chi connectivity index (χ0v) is 27.5. The Morgan fingerprint density at radius 3 is 2.33 bits per heavy atom. The van der Waals surface area contributed by atoms with Crippen molar-refractivity contribution >= 4 is 16.5 Å². The Hall–Kier alpha value is -4.93. The smallest absolute Gasteiger partial charge is 0.138 e. The summed E-state index contributed by atoms with van der Waals surface area (Å²) in [5, 5.41) is 12.4. The summed E-state index contributed by atoms with van der Waals surface area (Å²) in [6.45, 7) is 7.52. The fraction of sp³-hybridized carbons (Fsp3) is 0.333. The molecule has 49 heavy (non-hydrogen) atoms. The van der Waals surface area contributed by atoms with Crippen molar-refractivity contribution in [1.82, 2.24) is 35.3 Å². The lowest BCUT2D eigenvalue weighted by Gasteiger charge is -2.16. The number of H-pyrrole nitrogens is 2. The predicted octanol–water partition coefficient (Wildman–Crippen LogP) is 6.68. The van der Waals surface area contributed by atoms with E-state index in [1.807, 2.05) is 12.3 Å². The molecule has 4 aliphatic rings. The van der Waals surface area contributed by atoms with Gasteiger partial charge in [0.1, 0.15) is 42.3 Å². The molecule has 10 heteroatoms. The van der Waals surface area contributed by atoms with Gasteiger partial charge in [-0.1, -0.05) is 12.1 Å². The summed E-state index contributed by atoms with van der Waals surface area (Å²) in [6.07, 6.45) is 12.8. The number of fused-ring (bicyclic) bond motifs is 4. The number of ether oxygens (including phenoxy) is 2. The third-order valence-electron chi connectivity index (χ3n) is 10.2. The molecule has 3 fully saturated rings. The van der Waals surface area contributed by atoms with Gasteiger partial charge in [-0.15, -0.1) is 0 Å². The molecule has 1 atom stereocenters. The summed E-state index contributed by atoms with van der Waals surface area (Å²) in [6, 6.07) is 15.6. The first-order valence-corrected chi connectivity index (χ1v) is 17.5. The van der Waals surface area contributed by atoms with Crippen LogP contribution in [0.5, 0.6) is 11.5 Å². The third-order valence-corrected chi connectivity index (χ3v) is 10.2. The number of aromatic nitrogens is 4. The molecule has 3 aromatic heterocycles. The van der Waals surface area contributed by atoms with Crippen LogP contribution in [0.15, 0.2) is 78.8 Å². The van der Waals surface area contributed by atoms with Gasteiger partial charge in [-0.3, -0.25) is 19.9 Å². The van der Waals surface area contributed by atoms with Crippen LogP contribution in [0.25, 0.3) is 39.0 Å². The lowest BCUT2D eigenvalue weighted by Crippen LogP contribution is -2.25. The number of nitrogens with zero attached hydrogens (tertiary/aromatic N) is 4. The first-order valence-electron chi connectivity index (χ1n) is 17.5. The molecule has 0 amide bonds. The third kappa shape index (κ3) is 6.22. The first-order chi connectivity index (χ1) is 24.1. The highest BCUT2D eigenvalue weighted by Crippen LogP contribution is 2.44. The molecule has 1 aliphatic carbocycles. The van der Waals surface area contributed by atoms with Crippen LogP contribution in [-0.2, 0) is 0 Å². The molecule has 3 aliphatic heterocycles. The highest BCUT2D eigenvalue weighted by molar-refractivity contribution is 5.96. The number of halogens is 1. The van der Waals surface area contributed by atoms with Crippen molar-refractivity contribution in [3.8, 4) is 34.0 Å². The van der Waals surface area contributed by atoms with E-state index in [1.165, 1.54) is 31.7 Å². The minimum atomic E-state index is -0.312. The molecule has 0 radical (unpaired) electrons. The molecule has 9 nitrogen and oxygen atoms in total. The van der Waals surface area contributed by atoms with Crippen molar-refractivity contribution in [2.45, 2.75) is 31.7 Å². The van der Waals surface area contributed by atoms with Crippen molar-refractivity contribution in [1.29, 1.82) is 0 Å². The van der Waals surface area contributed by atoms with Gasteiger partial charge in [0.05, 0.1) is 23.1 Å². The van der Waals surface area contributed by atoms with Crippen molar-refractivity contribution in [3.63, 3.8) is 0 Å². The van der Waals surface area contributed by atoms with E-state index in [-0.39, 0.29) is 11.9 Å². The van der Waals surface area contributed by atoms with Crippen LogP contribution in [-0.4, -0.2) is 82.4 Å². The molecular formula is C39H40FN7O2. The minimum Gasteiger partial charge on any atom is -0.492 e. The number of hydrogen-bond acceptors (Lipinski definition) is 7.